The molecule has 21 heavy (non-hydrogen) atoms. The molecule has 1 heterocycles. The summed E-state index contributed by atoms with van der Waals surface area (Å²) >= 11 is 0. The van der Waals surface area contributed by atoms with Crippen LogP contribution < -0.4 is 5.73 Å². The number of carbonyl (C=O) groups is 1. The van der Waals surface area contributed by atoms with Crippen molar-refractivity contribution in [3.05, 3.63) is 46.3 Å². The summed E-state index contributed by atoms with van der Waals surface area (Å²) in [5.74, 6) is -0.363. The second kappa shape index (κ2) is 5.99. The highest BCUT2D eigenvalue weighted by Gasteiger charge is 2.14. The average Bonchev–Trinajstić information content (AvgIpc) is 2.80. The summed E-state index contributed by atoms with van der Waals surface area (Å²) in [5.41, 5.74) is 10.7. The minimum absolute atomic E-state index is 0.204. The van der Waals surface area contributed by atoms with Gasteiger partial charge in [0.25, 0.3) is 0 Å². The highest BCUT2D eigenvalue weighted by molar-refractivity contribution is 5.92. The number of benzene rings is 1. The summed E-state index contributed by atoms with van der Waals surface area (Å²) in [7, 11) is 1.84. The Kier molecular flexibility index (Phi) is 4.31. The van der Waals surface area contributed by atoms with E-state index >= 15 is 0 Å². The molecule has 5 nitrogen and oxygen atoms in total. The van der Waals surface area contributed by atoms with Gasteiger partial charge in [-0.1, -0.05) is 13.0 Å². The van der Waals surface area contributed by atoms with E-state index in [-0.39, 0.29) is 12.6 Å². The van der Waals surface area contributed by atoms with Crippen molar-refractivity contribution in [2.75, 3.05) is 5.73 Å². The summed E-state index contributed by atoms with van der Waals surface area (Å²) < 4.78 is 7.11. The normalized spacial score (nSPS) is 10.7. The Morgan fingerprint density at radius 2 is 2.00 bits per heavy atom. The van der Waals surface area contributed by atoms with Crippen LogP contribution in [-0.4, -0.2) is 15.7 Å². The lowest BCUT2D eigenvalue weighted by molar-refractivity contribution is 0.0462. The van der Waals surface area contributed by atoms with Gasteiger partial charge in [0.1, 0.15) is 6.61 Å². The van der Waals surface area contributed by atoms with Gasteiger partial charge < -0.3 is 10.5 Å². The molecule has 0 aliphatic rings. The zero-order valence-corrected chi connectivity index (χ0v) is 12.9. The number of anilines is 1. The number of carbonyl (C=O) groups excluding carboxylic acids is 1. The van der Waals surface area contributed by atoms with Gasteiger partial charge in [-0.25, -0.2) is 4.79 Å². The lowest BCUT2D eigenvalue weighted by atomic mass is 10.0. The quantitative estimate of drug-likeness (QED) is 0.693. The Bertz CT molecular complexity index is 674. The molecule has 0 bridgehead atoms. The fraction of sp³-hybridized carbons (Fsp3) is 0.375. The molecule has 0 radical (unpaired) electrons. The van der Waals surface area contributed by atoms with Crippen molar-refractivity contribution in [2.24, 2.45) is 7.05 Å². The lowest BCUT2D eigenvalue weighted by Gasteiger charge is -2.10. The second-order valence-corrected chi connectivity index (χ2v) is 5.20. The number of nitrogen functional groups attached to an aromatic ring is 1. The van der Waals surface area contributed by atoms with E-state index in [1.54, 1.807) is 10.7 Å². The zero-order valence-electron chi connectivity index (χ0n) is 12.9. The number of esters is 1. The van der Waals surface area contributed by atoms with Crippen molar-refractivity contribution < 1.29 is 9.53 Å². The predicted octanol–water partition coefficient (Wildman–Crippen LogP) is 2.54. The lowest BCUT2D eigenvalue weighted by Crippen LogP contribution is -2.10. The molecule has 0 aliphatic heterocycles. The van der Waals surface area contributed by atoms with E-state index < -0.39 is 0 Å². The summed E-state index contributed by atoms with van der Waals surface area (Å²) in [6.45, 7) is 6.04. The van der Waals surface area contributed by atoms with Gasteiger partial charge >= 0.3 is 5.97 Å². The third-order valence-electron chi connectivity index (χ3n) is 3.57. The number of nitrogens with zero attached hydrogens (tertiary/aromatic N) is 2. The SMILES string of the molecule is CCc1cc(COC(=O)c2cc(N)c(C)cc2C)n(C)n1. The molecule has 0 spiro atoms. The first-order valence-corrected chi connectivity index (χ1v) is 6.98. The molecule has 2 rings (SSSR count). The van der Waals surface area contributed by atoms with E-state index in [0.29, 0.717) is 11.3 Å². The first kappa shape index (κ1) is 15.1. The molecule has 0 unspecified atom stereocenters. The van der Waals surface area contributed by atoms with E-state index in [1.165, 1.54) is 0 Å². The largest absolute Gasteiger partial charge is 0.456 e. The van der Waals surface area contributed by atoms with E-state index in [1.807, 2.05) is 40.0 Å². The molecule has 2 N–H and O–H groups in total. The van der Waals surface area contributed by atoms with Crippen LogP contribution in [0.2, 0.25) is 0 Å². The van der Waals surface area contributed by atoms with Gasteiger partial charge in [-0.05, 0) is 43.5 Å². The fourth-order valence-corrected chi connectivity index (χ4v) is 2.19. The minimum Gasteiger partial charge on any atom is -0.456 e. The van der Waals surface area contributed by atoms with Gasteiger partial charge in [0, 0.05) is 12.7 Å². The molecule has 0 fully saturated rings. The van der Waals surface area contributed by atoms with E-state index in [0.717, 1.165) is 28.9 Å². The first-order chi connectivity index (χ1) is 9.92. The molecule has 2 aromatic rings. The van der Waals surface area contributed by atoms with Crippen molar-refractivity contribution in [1.29, 1.82) is 0 Å². The summed E-state index contributed by atoms with van der Waals surface area (Å²) in [4.78, 5) is 12.2. The number of aromatic nitrogens is 2. The maximum Gasteiger partial charge on any atom is 0.338 e. The van der Waals surface area contributed by atoms with Crippen LogP contribution in [0.1, 0.15) is 39.8 Å². The molecule has 0 saturated heterocycles. The number of hydrogen-bond donors (Lipinski definition) is 1. The van der Waals surface area contributed by atoms with Gasteiger partial charge in [0.05, 0.1) is 17.0 Å². The maximum atomic E-state index is 12.2. The van der Waals surface area contributed by atoms with Crippen molar-refractivity contribution in [1.82, 2.24) is 9.78 Å². The zero-order chi connectivity index (χ0) is 15.6. The van der Waals surface area contributed by atoms with Crippen molar-refractivity contribution >= 4 is 11.7 Å². The Morgan fingerprint density at radius 3 is 2.62 bits per heavy atom. The summed E-state index contributed by atoms with van der Waals surface area (Å²) in [6.07, 6.45) is 0.857. The standard InChI is InChI=1S/C16H21N3O2/c1-5-12-7-13(19(4)18-12)9-21-16(20)14-8-15(17)11(3)6-10(14)2/h6-8H,5,9,17H2,1-4H3. The highest BCUT2D eigenvalue weighted by Crippen LogP contribution is 2.19. The monoisotopic (exact) mass is 287 g/mol. The van der Waals surface area contributed by atoms with Crippen LogP contribution in [-0.2, 0) is 24.8 Å². The highest BCUT2D eigenvalue weighted by atomic mass is 16.5. The Balaban J connectivity index is 2.11. The third kappa shape index (κ3) is 3.24. The van der Waals surface area contributed by atoms with Crippen molar-refractivity contribution in [2.45, 2.75) is 33.8 Å². The van der Waals surface area contributed by atoms with Crippen LogP contribution in [0.15, 0.2) is 18.2 Å². The van der Waals surface area contributed by atoms with Gasteiger partial charge in [-0.3, -0.25) is 4.68 Å². The topological polar surface area (TPSA) is 70.1 Å². The molecular weight excluding hydrogens is 266 g/mol. The van der Waals surface area contributed by atoms with Crippen molar-refractivity contribution in [3.63, 3.8) is 0 Å². The second-order valence-electron chi connectivity index (χ2n) is 5.20. The van der Waals surface area contributed by atoms with Crippen LogP contribution in [0.4, 0.5) is 5.69 Å². The maximum absolute atomic E-state index is 12.2. The van der Waals surface area contributed by atoms with Crippen LogP contribution >= 0.6 is 0 Å². The van der Waals surface area contributed by atoms with Crippen LogP contribution in [0, 0.1) is 13.8 Å². The molecule has 0 atom stereocenters. The molecule has 5 heteroatoms. The fourth-order valence-electron chi connectivity index (χ4n) is 2.19. The third-order valence-corrected chi connectivity index (χ3v) is 3.57. The number of nitrogens with two attached hydrogens (primary N) is 1. The molecule has 0 aliphatic carbocycles. The Hall–Kier alpha value is -2.30. The molecule has 1 aromatic heterocycles. The average molecular weight is 287 g/mol. The van der Waals surface area contributed by atoms with Gasteiger partial charge in [-0.15, -0.1) is 0 Å². The Morgan fingerprint density at radius 1 is 1.29 bits per heavy atom. The molecular formula is C16H21N3O2. The number of aryl methyl sites for hydroxylation is 4. The minimum atomic E-state index is -0.363. The smallest absolute Gasteiger partial charge is 0.338 e. The van der Waals surface area contributed by atoms with Crippen LogP contribution in [0.25, 0.3) is 0 Å². The van der Waals surface area contributed by atoms with E-state index in [9.17, 15) is 4.79 Å². The summed E-state index contributed by atoms with van der Waals surface area (Å²) in [6, 6.07) is 5.52. The molecule has 0 amide bonds. The molecule has 112 valence electrons. The Labute approximate surface area is 124 Å². The van der Waals surface area contributed by atoms with E-state index in [4.69, 9.17) is 10.5 Å². The number of ether oxygens (including phenoxy) is 1. The number of hydrogen-bond acceptors (Lipinski definition) is 4. The summed E-state index contributed by atoms with van der Waals surface area (Å²) in [5, 5.41) is 4.33. The first-order valence-electron chi connectivity index (χ1n) is 6.98. The van der Waals surface area contributed by atoms with Crippen LogP contribution in [0.3, 0.4) is 0 Å². The number of rotatable bonds is 4. The van der Waals surface area contributed by atoms with Gasteiger partial charge in [0.15, 0.2) is 0 Å². The molecule has 0 saturated carbocycles. The van der Waals surface area contributed by atoms with Crippen molar-refractivity contribution in [3.8, 4) is 0 Å². The molecule has 1 aromatic carbocycles. The van der Waals surface area contributed by atoms with Gasteiger partial charge in [-0.2, -0.15) is 5.10 Å². The van der Waals surface area contributed by atoms with E-state index in [2.05, 4.69) is 5.10 Å². The predicted molar refractivity (Wildman–Crippen MR) is 82.0 cm³/mol. The van der Waals surface area contributed by atoms with Gasteiger partial charge in [0.2, 0.25) is 0 Å². The van der Waals surface area contributed by atoms with Crippen LogP contribution in [0.5, 0.6) is 0 Å².